The van der Waals surface area contributed by atoms with Crippen molar-refractivity contribution in [1.29, 1.82) is 0 Å². The van der Waals surface area contributed by atoms with Gasteiger partial charge in [0, 0.05) is 12.2 Å². The van der Waals surface area contributed by atoms with Crippen molar-refractivity contribution in [3.05, 3.63) is 31.2 Å². The molecule has 2 aromatic rings. The zero-order valence-electron chi connectivity index (χ0n) is 15.6. The van der Waals surface area contributed by atoms with E-state index in [2.05, 4.69) is 34.2 Å². The van der Waals surface area contributed by atoms with E-state index in [0.29, 0.717) is 17.3 Å². The molecule has 6 nitrogen and oxygen atoms in total. The van der Waals surface area contributed by atoms with Crippen LogP contribution in [-0.2, 0) is 0 Å². The lowest BCUT2D eigenvalue weighted by atomic mass is 9.83. The van der Waals surface area contributed by atoms with Crippen molar-refractivity contribution < 1.29 is 10.2 Å². The Morgan fingerprint density at radius 3 is 2.72 bits per heavy atom. The Kier molecular flexibility index (Phi) is 8.58. The van der Waals surface area contributed by atoms with Crippen LogP contribution in [0.2, 0.25) is 0 Å². The summed E-state index contributed by atoms with van der Waals surface area (Å²) in [6.07, 6.45) is 11.7. The van der Waals surface area contributed by atoms with Gasteiger partial charge in [-0.1, -0.05) is 26.8 Å². The highest BCUT2D eigenvalue weighted by Crippen LogP contribution is 2.47. The van der Waals surface area contributed by atoms with Crippen LogP contribution >= 0.6 is 0 Å². The number of aromatic nitrogens is 3. The second-order valence-corrected chi connectivity index (χ2v) is 6.40. The lowest BCUT2D eigenvalue weighted by Gasteiger charge is -2.23. The van der Waals surface area contributed by atoms with Crippen molar-refractivity contribution in [3.63, 3.8) is 0 Å². The van der Waals surface area contributed by atoms with Crippen LogP contribution in [0.3, 0.4) is 0 Å². The van der Waals surface area contributed by atoms with Gasteiger partial charge in [-0.15, -0.1) is 6.58 Å². The topological polar surface area (TPSA) is 97.2 Å². The zero-order valence-corrected chi connectivity index (χ0v) is 15.6. The van der Waals surface area contributed by atoms with Gasteiger partial charge in [0.05, 0.1) is 5.39 Å². The van der Waals surface area contributed by atoms with Crippen molar-refractivity contribution in [2.24, 2.45) is 5.41 Å². The van der Waals surface area contributed by atoms with E-state index in [0.717, 1.165) is 17.5 Å². The number of hydrogen-bond donors (Lipinski definition) is 3. The molecule has 4 N–H and O–H groups in total. The van der Waals surface area contributed by atoms with Gasteiger partial charge in [0.1, 0.15) is 24.6 Å². The SMILES string of the molecule is C=CCC[C@]1(C)CCC(n2ccc3c(N)ncnc32)C1.CC.OCO. The molecule has 0 saturated heterocycles. The van der Waals surface area contributed by atoms with Crippen LogP contribution in [0.15, 0.2) is 31.2 Å². The molecule has 1 aliphatic rings. The Labute approximate surface area is 150 Å². The molecule has 25 heavy (non-hydrogen) atoms. The molecule has 1 unspecified atom stereocenters. The predicted molar refractivity (Wildman–Crippen MR) is 103 cm³/mol. The molecule has 2 heterocycles. The fraction of sp³-hybridized carbons (Fsp3) is 0.579. The second kappa shape index (κ2) is 10.2. The van der Waals surface area contributed by atoms with E-state index in [1.165, 1.54) is 25.7 Å². The molecule has 0 radical (unpaired) electrons. The molecular formula is C19H32N4O2. The fourth-order valence-corrected chi connectivity index (χ4v) is 3.49. The quantitative estimate of drug-likeness (QED) is 0.578. The summed E-state index contributed by atoms with van der Waals surface area (Å²) in [6, 6.07) is 2.56. The van der Waals surface area contributed by atoms with Crippen molar-refractivity contribution in [2.45, 2.75) is 58.9 Å². The van der Waals surface area contributed by atoms with Crippen LogP contribution in [0.25, 0.3) is 11.0 Å². The normalized spacial score (nSPS) is 21.9. The number of aliphatic hydroxyl groups is 2. The Morgan fingerprint density at radius 2 is 2.08 bits per heavy atom. The molecule has 1 aliphatic carbocycles. The van der Waals surface area contributed by atoms with Crippen LogP contribution in [0, 0.1) is 5.41 Å². The molecule has 0 aliphatic heterocycles. The van der Waals surface area contributed by atoms with E-state index in [9.17, 15) is 0 Å². The average molecular weight is 348 g/mol. The molecular weight excluding hydrogens is 316 g/mol. The molecule has 2 atom stereocenters. The van der Waals surface area contributed by atoms with Gasteiger partial charge >= 0.3 is 0 Å². The second-order valence-electron chi connectivity index (χ2n) is 6.40. The molecule has 6 heteroatoms. The molecule has 140 valence electrons. The van der Waals surface area contributed by atoms with Crippen molar-refractivity contribution in [2.75, 3.05) is 12.5 Å². The number of rotatable bonds is 4. The monoisotopic (exact) mass is 348 g/mol. The van der Waals surface area contributed by atoms with Crippen LogP contribution in [0.5, 0.6) is 0 Å². The third-order valence-electron chi connectivity index (χ3n) is 4.70. The summed E-state index contributed by atoms with van der Waals surface area (Å²) in [5, 5.41) is 15.2. The van der Waals surface area contributed by atoms with E-state index in [1.807, 2.05) is 26.0 Å². The largest absolute Gasteiger partial charge is 0.383 e. The van der Waals surface area contributed by atoms with Crippen LogP contribution in [0.4, 0.5) is 5.82 Å². The van der Waals surface area contributed by atoms with Crippen LogP contribution in [0.1, 0.15) is 58.9 Å². The summed E-state index contributed by atoms with van der Waals surface area (Å²) < 4.78 is 2.28. The number of nitrogens with two attached hydrogens (primary N) is 1. The Bertz CT molecular complexity index is 656. The third-order valence-corrected chi connectivity index (χ3v) is 4.70. The van der Waals surface area contributed by atoms with Gasteiger partial charge in [0.15, 0.2) is 0 Å². The van der Waals surface area contributed by atoms with Crippen LogP contribution in [-0.4, -0.2) is 31.5 Å². The Balaban J connectivity index is 0.000000567. The first-order valence-electron chi connectivity index (χ1n) is 8.94. The first-order chi connectivity index (χ1) is 12.0. The van der Waals surface area contributed by atoms with E-state index >= 15 is 0 Å². The summed E-state index contributed by atoms with van der Waals surface area (Å²) in [6.45, 7) is 9.48. The lowest BCUT2D eigenvalue weighted by molar-refractivity contribution is 0.0773. The minimum Gasteiger partial charge on any atom is -0.383 e. The minimum atomic E-state index is -0.750. The maximum Gasteiger partial charge on any atom is 0.145 e. The van der Waals surface area contributed by atoms with Gasteiger partial charge in [0.2, 0.25) is 0 Å². The number of hydrogen-bond acceptors (Lipinski definition) is 5. The van der Waals surface area contributed by atoms with Crippen LogP contribution < -0.4 is 5.73 Å². The van der Waals surface area contributed by atoms with Gasteiger partial charge < -0.3 is 20.5 Å². The Morgan fingerprint density at radius 1 is 1.40 bits per heavy atom. The number of nitrogens with zero attached hydrogens (tertiary/aromatic N) is 3. The maximum absolute atomic E-state index is 7.12. The van der Waals surface area contributed by atoms with Gasteiger partial charge in [-0.2, -0.15) is 0 Å². The molecule has 0 aromatic carbocycles. The number of anilines is 1. The molecule has 2 aromatic heterocycles. The van der Waals surface area contributed by atoms with E-state index in [1.54, 1.807) is 6.33 Å². The van der Waals surface area contributed by atoms with Gasteiger partial charge in [-0.3, -0.25) is 0 Å². The number of aliphatic hydroxyl groups excluding tert-OH is 1. The number of allylic oxidation sites excluding steroid dienone is 1. The smallest absolute Gasteiger partial charge is 0.145 e. The summed E-state index contributed by atoms with van der Waals surface area (Å²) in [7, 11) is 0. The number of fused-ring (bicyclic) bond motifs is 1. The highest BCUT2D eigenvalue weighted by Gasteiger charge is 2.35. The summed E-state index contributed by atoms with van der Waals surface area (Å²) in [5.41, 5.74) is 7.30. The third kappa shape index (κ3) is 5.28. The minimum absolute atomic E-state index is 0.425. The molecule has 3 rings (SSSR count). The highest BCUT2D eigenvalue weighted by molar-refractivity contribution is 5.86. The summed E-state index contributed by atoms with van der Waals surface area (Å²) in [5.74, 6) is 0.571. The highest BCUT2D eigenvalue weighted by atomic mass is 16.5. The summed E-state index contributed by atoms with van der Waals surface area (Å²) >= 11 is 0. The fourth-order valence-electron chi connectivity index (χ4n) is 3.49. The van der Waals surface area contributed by atoms with Gasteiger partial charge in [-0.05, 0) is 43.6 Å². The Hall–Kier alpha value is -1.92. The zero-order chi connectivity index (χ0) is 18.9. The molecule has 0 amide bonds. The lowest BCUT2D eigenvalue weighted by Crippen LogP contribution is -2.13. The standard InChI is InChI=1S/C16H22N4.C2H6.CH4O2/c1-3-4-7-16(2)8-5-12(10-16)20-9-6-13-14(17)18-11-19-15(13)20;1-2;2-1-3/h3,6,9,11-12H,1,4-5,7-8,10H2,2H3,(H2,17,18,19);1-2H3;2-3H,1H2/t12?,16-;;/m1../s1. The van der Waals surface area contributed by atoms with Crippen molar-refractivity contribution in [1.82, 2.24) is 14.5 Å². The van der Waals surface area contributed by atoms with Crippen molar-refractivity contribution in [3.8, 4) is 0 Å². The maximum atomic E-state index is 7.12. The number of nitrogen functional groups attached to an aromatic ring is 1. The molecule has 0 bridgehead atoms. The predicted octanol–water partition coefficient (Wildman–Crippen LogP) is 3.67. The average Bonchev–Trinajstić information content (AvgIpc) is 3.21. The van der Waals surface area contributed by atoms with Crippen molar-refractivity contribution >= 4 is 16.9 Å². The van der Waals surface area contributed by atoms with Gasteiger partial charge in [0.25, 0.3) is 0 Å². The summed E-state index contributed by atoms with van der Waals surface area (Å²) in [4.78, 5) is 8.47. The molecule has 1 saturated carbocycles. The van der Waals surface area contributed by atoms with Gasteiger partial charge in [-0.25, -0.2) is 9.97 Å². The first kappa shape index (κ1) is 21.1. The molecule has 1 fully saturated rings. The molecule has 0 spiro atoms. The van der Waals surface area contributed by atoms with E-state index < -0.39 is 6.79 Å². The first-order valence-corrected chi connectivity index (χ1v) is 8.94. The van der Waals surface area contributed by atoms with E-state index in [4.69, 9.17) is 15.9 Å². The van der Waals surface area contributed by atoms with E-state index in [-0.39, 0.29) is 0 Å².